The van der Waals surface area contributed by atoms with Gasteiger partial charge in [-0.05, 0) is 17.2 Å². The van der Waals surface area contributed by atoms with Crippen LogP contribution >= 0.6 is 12.4 Å². The predicted octanol–water partition coefficient (Wildman–Crippen LogP) is 2.89. The zero-order chi connectivity index (χ0) is 16.9. The molecule has 5 nitrogen and oxygen atoms in total. The third kappa shape index (κ3) is 4.49. The summed E-state index contributed by atoms with van der Waals surface area (Å²) in [6, 6.07) is 15.0. The van der Waals surface area contributed by atoms with Crippen LogP contribution in [-0.2, 0) is 13.1 Å². The molecule has 0 bridgehead atoms. The smallest absolute Gasteiger partial charge is 0.0659 e. The fourth-order valence-corrected chi connectivity index (χ4v) is 3.42. The summed E-state index contributed by atoms with van der Waals surface area (Å²) in [5, 5.41) is 8.03. The van der Waals surface area contributed by atoms with Crippen LogP contribution in [0.2, 0.25) is 0 Å². The Kier molecular flexibility index (Phi) is 6.39. The Labute approximate surface area is 160 Å². The number of hydrogen-bond donors (Lipinski definition) is 1. The fourth-order valence-electron chi connectivity index (χ4n) is 3.42. The molecule has 1 unspecified atom stereocenters. The van der Waals surface area contributed by atoms with Crippen molar-refractivity contribution >= 4 is 12.4 Å². The molecule has 0 amide bonds. The Bertz CT molecular complexity index is 790. The van der Waals surface area contributed by atoms with E-state index in [2.05, 4.69) is 56.8 Å². The van der Waals surface area contributed by atoms with E-state index in [1.165, 1.54) is 16.7 Å². The largest absolute Gasteiger partial charge is 0.314 e. The topological polar surface area (TPSA) is 46.0 Å². The lowest BCUT2D eigenvalue weighted by Crippen LogP contribution is -2.45. The van der Waals surface area contributed by atoms with Crippen LogP contribution < -0.4 is 5.32 Å². The first kappa shape index (κ1) is 18.6. The van der Waals surface area contributed by atoms with Crippen molar-refractivity contribution < 1.29 is 0 Å². The van der Waals surface area contributed by atoms with Gasteiger partial charge in [0.25, 0.3) is 0 Å². The molecule has 1 saturated heterocycles. The van der Waals surface area contributed by atoms with Crippen LogP contribution in [-0.4, -0.2) is 39.3 Å². The number of aromatic nitrogens is 3. The van der Waals surface area contributed by atoms with E-state index < -0.39 is 0 Å². The molecule has 1 atom stereocenters. The zero-order valence-corrected chi connectivity index (χ0v) is 15.5. The number of piperazine rings is 1. The van der Waals surface area contributed by atoms with Crippen molar-refractivity contribution in [2.75, 3.05) is 19.6 Å². The standard InChI is InChI=1S/C20H23N5.ClH/c1-2-5-17(6-3-1)15-25-16-18(11-23-25)14-24-10-9-22-13-20(24)19-7-4-8-21-12-19;/h1-8,11-12,16,20,22H,9-10,13-15H2;1H. The summed E-state index contributed by atoms with van der Waals surface area (Å²) in [7, 11) is 0. The maximum atomic E-state index is 4.54. The van der Waals surface area contributed by atoms with E-state index in [0.29, 0.717) is 6.04 Å². The minimum Gasteiger partial charge on any atom is -0.314 e. The number of rotatable bonds is 5. The van der Waals surface area contributed by atoms with Crippen LogP contribution in [0.25, 0.3) is 0 Å². The molecule has 0 radical (unpaired) electrons. The molecule has 3 heterocycles. The summed E-state index contributed by atoms with van der Waals surface area (Å²) < 4.78 is 2.02. The monoisotopic (exact) mass is 369 g/mol. The van der Waals surface area contributed by atoms with Gasteiger partial charge in [0.2, 0.25) is 0 Å². The summed E-state index contributed by atoms with van der Waals surface area (Å²) >= 11 is 0. The van der Waals surface area contributed by atoms with Gasteiger partial charge in [0, 0.05) is 56.4 Å². The normalized spacial score (nSPS) is 17.6. The molecule has 3 aromatic rings. The molecular weight excluding hydrogens is 346 g/mol. The van der Waals surface area contributed by atoms with E-state index in [0.717, 1.165) is 32.7 Å². The Morgan fingerprint density at radius 1 is 1.00 bits per heavy atom. The third-order valence-electron chi connectivity index (χ3n) is 4.68. The third-order valence-corrected chi connectivity index (χ3v) is 4.68. The Hall–Kier alpha value is -2.21. The highest BCUT2D eigenvalue weighted by Gasteiger charge is 2.24. The molecule has 0 saturated carbocycles. The van der Waals surface area contributed by atoms with E-state index in [9.17, 15) is 0 Å². The highest BCUT2D eigenvalue weighted by molar-refractivity contribution is 5.85. The van der Waals surface area contributed by atoms with Crippen molar-refractivity contribution in [3.63, 3.8) is 0 Å². The van der Waals surface area contributed by atoms with Gasteiger partial charge in [0.05, 0.1) is 12.7 Å². The zero-order valence-electron chi connectivity index (χ0n) is 14.7. The Morgan fingerprint density at radius 2 is 1.88 bits per heavy atom. The molecule has 1 fully saturated rings. The van der Waals surface area contributed by atoms with Crippen LogP contribution in [0.3, 0.4) is 0 Å². The molecule has 6 heteroatoms. The number of benzene rings is 1. The lowest BCUT2D eigenvalue weighted by Gasteiger charge is -2.36. The minimum absolute atomic E-state index is 0. The van der Waals surface area contributed by atoms with E-state index >= 15 is 0 Å². The van der Waals surface area contributed by atoms with Crippen molar-refractivity contribution in [3.8, 4) is 0 Å². The molecule has 0 aliphatic carbocycles. The van der Waals surface area contributed by atoms with E-state index in [1.807, 2.05) is 35.4 Å². The van der Waals surface area contributed by atoms with Gasteiger partial charge < -0.3 is 5.32 Å². The minimum atomic E-state index is 0. The summed E-state index contributed by atoms with van der Waals surface area (Å²) in [6.07, 6.45) is 7.96. The van der Waals surface area contributed by atoms with Crippen molar-refractivity contribution in [1.82, 2.24) is 25.0 Å². The number of hydrogen-bond acceptors (Lipinski definition) is 4. The number of pyridine rings is 1. The molecule has 4 rings (SSSR count). The highest BCUT2D eigenvalue weighted by Crippen LogP contribution is 2.23. The second-order valence-corrected chi connectivity index (χ2v) is 6.51. The van der Waals surface area contributed by atoms with Gasteiger partial charge in [-0.3, -0.25) is 14.6 Å². The summed E-state index contributed by atoms with van der Waals surface area (Å²) in [4.78, 5) is 6.79. The van der Waals surface area contributed by atoms with Crippen molar-refractivity contribution in [3.05, 3.63) is 83.9 Å². The number of nitrogens with zero attached hydrogens (tertiary/aromatic N) is 4. The molecule has 1 aliphatic heterocycles. The van der Waals surface area contributed by atoms with E-state index in [4.69, 9.17) is 0 Å². The molecule has 26 heavy (non-hydrogen) atoms. The van der Waals surface area contributed by atoms with Crippen LogP contribution in [0.4, 0.5) is 0 Å². The molecular formula is C20H24ClN5. The second kappa shape index (κ2) is 8.94. The SMILES string of the molecule is Cl.c1ccc(Cn2cc(CN3CCNCC3c3cccnc3)cn2)cc1. The fraction of sp³-hybridized carbons (Fsp3) is 0.300. The van der Waals surface area contributed by atoms with E-state index in [1.54, 1.807) is 0 Å². The Balaban J connectivity index is 0.00000196. The Morgan fingerprint density at radius 3 is 2.69 bits per heavy atom. The lowest BCUT2D eigenvalue weighted by molar-refractivity contribution is 0.153. The second-order valence-electron chi connectivity index (χ2n) is 6.51. The van der Waals surface area contributed by atoms with Crippen LogP contribution in [0.5, 0.6) is 0 Å². The van der Waals surface area contributed by atoms with Crippen molar-refractivity contribution in [2.45, 2.75) is 19.1 Å². The maximum absolute atomic E-state index is 4.54. The molecule has 1 aromatic carbocycles. The quantitative estimate of drug-likeness (QED) is 0.751. The first-order chi connectivity index (χ1) is 12.4. The first-order valence-electron chi connectivity index (χ1n) is 8.78. The van der Waals surface area contributed by atoms with Gasteiger partial charge in [0.15, 0.2) is 0 Å². The van der Waals surface area contributed by atoms with Gasteiger partial charge in [-0.2, -0.15) is 5.10 Å². The summed E-state index contributed by atoms with van der Waals surface area (Å²) in [6.45, 7) is 4.74. The number of nitrogens with one attached hydrogen (secondary N) is 1. The molecule has 1 aliphatic rings. The van der Waals surface area contributed by atoms with Crippen molar-refractivity contribution in [2.24, 2.45) is 0 Å². The average Bonchev–Trinajstić information content (AvgIpc) is 3.10. The molecule has 2 aromatic heterocycles. The maximum Gasteiger partial charge on any atom is 0.0659 e. The lowest BCUT2D eigenvalue weighted by atomic mass is 10.0. The van der Waals surface area contributed by atoms with Gasteiger partial charge in [-0.1, -0.05) is 36.4 Å². The van der Waals surface area contributed by atoms with Gasteiger partial charge in [0.1, 0.15) is 0 Å². The molecule has 0 spiro atoms. The van der Waals surface area contributed by atoms with Crippen LogP contribution in [0.15, 0.2) is 67.3 Å². The van der Waals surface area contributed by atoms with Crippen LogP contribution in [0.1, 0.15) is 22.7 Å². The van der Waals surface area contributed by atoms with Crippen molar-refractivity contribution in [1.29, 1.82) is 0 Å². The number of halogens is 1. The first-order valence-corrected chi connectivity index (χ1v) is 8.78. The molecule has 1 N–H and O–H groups in total. The van der Waals surface area contributed by atoms with Gasteiger partial charge in [-0.25, -0.2) is 0 Å². The van der Waals surface area contributed by atoms with Gasteiger partial charge >= 0.3 is 0 Å². The van der Waals surface area contributed by atoms with Crippen LogP contribution in [0, 0.1) is 0 Å². The summed E-state index contributed by atoms with van der Waals surface area (Å²) in [5.41, 5.74) is 3.80. The predicted molar refractivity (Wildman–Crippen MR) is 105 cm³/mol. The molecule has 136 valence electrons. The highest BCUT2D eigenvalue weighted by atomic mass is 35.5. The van der Waals surface area contributed by atoms with Gasteiger partial charge in [-0.15, -0.1) is 12.4 Å². The summed E-state index contributed by atoms with van der Waals surface area (Å²) in [5.74, 6) is 0. The van der Waals surface area contributed by atoms with E-state index in [-0.39, 0.29) is 12.4 Å². The average molecular weight is 370 g/mol.